The van der Waals surface area contributed by atoms with Crippen LogP contribution in [0.1, 0.15) is 51.3 Å². The lowest BCUT2D eigenvalue weighted by Crippen LogP contribution is -2.31. The summed E-state index contributed by atoms with van der Waals surface area (Å²) in [6.07, 6.45) is 6.44. The van der Waals surface area contributed by atoms with E-state index in [4.69, 9.17) is 5.73 Å². The normalized spacial score (nSPS) is 17.2. The molecule has 2 rings (SSSR count). The van der Waals surface area contributed by atoms with Gasteiger partial charge in [-0.05, 0) is 38.7 Å². The summed E-state index contributed by atoms with van der Waals surface area (Å²) in [5.74, 6) is 0.505. The smallest absolute Gasteiger partial charge is 0.244 e. The predicted molar refractivity (Wildman–Crippen MR) is 84.5 cm³/mol. The van der Waals surface area contributed by atoms with Crippen LogP contribution in [0.2, 0.25) is 0 Å². The van der Waals surface area contributed by atoms with Crippen molar-refractivity contribution < 1.29 is 8.42 Å². The van der Waals surface area contributed by atoms with Crippen molar-refractivity contribution in [2.75, 3.05) is 13.6 Å². The summed E-state index contributed by atoms with van der Waals surface area (Å²) < 4.78 is 28.8. The number of rotatable bonds is 6. The molecule has 0 amide bonds. The zero-order valence-corrected chi connectivity index (χ0v) is 14.1. The molecule has 0 aliphatic heterocycles. The average Bonchev–Trinajstić information content (AvgIpc) is 3.06. The van der Waals surface area contributed by atoms with Crippen molar-refractivity contribution in [3.8, 4) is 0 Å². The molecule has 0 radical (unpaired) electrons. The van der Waals surface area contributed by atoms with Gasteiger partial charge in [0.2, 0.25) is 10.0 Å². The van der Waals surface area contributed by atoms with E-state index in [0.717, 1.165) is 18.5 Å². The fraction of sp³-hybridized carbons (Fsp3) is 0.733. The minimum atomic E-state index is -3.41. The SMILES string of the molecule is CC(C)n1cc(S(=O)(=O)N(C)CC2CCCC2)cc1CN. The van der Waals surface area contributed by atoms with Crippen molar-refractivity contribution in [1.29, 1.82) is 0 Å². The molecule has 0 spiro atoms. The summed E-state index contributed by atoms with van der Waals surface area (Å²) in [7, 11) is -1.73. The van der Waals surface area contributed by atoms with Gasteiger partial charge in [0.1, 0.15) is 4.90 Å². The number of nitrogens with two attached hydrogens (primary N) is 1. The first-order valence-electron chi connectivity index (χ1n) is 7.73. The summed E-state index contributed by atoms with van der Waals surface area (Å²) in [6.45, 7) is 5.02. The van der Waals surface area contributed by atoms with Crippen LogP contribution in [0.4, 0.5) is 0 Å². The monoisotopic (exact) mass is 313 g/mol. The molecule has 6 heteroatoms. The van der Waals surface area contributed by atoms with E-state index in [1.165, 1.54) is 17.1 Å². The summed E-state index contributed by atoms with van der Waals surface area (Å²) in [4.78, 5) is 0.358. The van der Waals surface area contributed by atoms with E-state index in [-0.39, 0.29) is 6.04 Å². The second kappa shape index (κ2) is 6.50. The molecule has 120 valence electrons. The maximum absolute atomic E-state index is 12.7. The minimum absolute atomic E-state index is 0.202. The summed E-state index contributed by atoms with van der Waals surface area (Å²) in [6, 6.07) is 1.91. The molecule has 21 heavy (non-hydrogen) atoms. The van der Waals surface area contributed by atoms with E-state index < -0.39 is 10.0 Å². The molecule has 2 N–H and O–H groups in total. The van der Waals surface area contributed by atoms with Crippen LogP contribution in [-0.4, -0.2) is 30.9 Å². The van der Waals surface area contributed by atoms with Gasteiger partial charge in [-0.25, -0.2) is 12.7 Å². The Morgan fingerprint density at radius 2 is 2.00 bits per heavy atom. The molecule has 1 heterocycles. The van der Waals surface area contributed by atoms with Gasteiger partial charge in [0, 0.05) is 38.1 Å². The van der Waals surface area contributed by atoms with Gasteiger partial charge < -0.3 is 10.3 Å². The number of hydrogen-bond acceptors (Lipinski definition) is 3. The Kier molecular flexibility index (Phi) is 5.11. The zero-order valence-electron chi connectivity index (χ0n) is 13.2. The molecule has 1 aromatic rings. The van der Waals surface area contributed by atoms with Gasteiger partial charge in [-0.2, -0.15) is 0 Å². The van der Waals surface area contributed by atoms with Crippen LogP contribution in [-0.2, 0) is 16.6 Å². The molecule has 0 saturated heterocycles. The van der Waals surface area contributed by atoms with Gasteiger partial charge in [0.05, 0.1) is 0 Å². The van der Waals surface area contributed by atoms with Gasteiger partial charge in [0.25, 0.3) is 0 Å². The maximum atomic E-state index is 12.7. The van der Waals surface area contributed by atoms with Crippen LogP contribution in [0.25, 0.3) is 0 Å². The highest BCUT2D eigenvalue weighted by Crippen LogP contribution is 2.28. The fourth-order valence-electron chi connectivity index (χ4n) is 3.12. The maximum Gasteiger partial charge on any atom is 0.244 e. The van der Waals surface area contributed by atoms with Crippen LogP contribution >= 0.6 is 0 Å². The largest absolute Gasteiger partial charge is 0.346 e. The molecule has 0 unspecified atom stereocenters. The zero-order chi connectivity index (χ0) is 15.6. The molecular weight excluding hydrogens is 286 g/mol. The Balaban J connectivity index is 2.21. The van der Waals surface area contributed by atoms with Crippen LogP contribution in [0.15, 0.2) is 17.2 Å². The van der Waals surface area contributed by atoms with Gasteiger partial charge in [-0.15, -0.1) is 0 Å². The van der Waals surface area contributed by atoms with Crippen molar-refractivity contribution in [1.82, 2.24) is 8.87 Å². The number of aromatic nitrogens is 1. The molecule has 1 aliphatic rings. The highest BCUT2D eigenvalue weighted by atomic mass is 32.2. The number of sulfonamides is 1. The van der Waals surface area contributed by atoms with Crippen molar-refractivity contribution >= 4 is 10.0 Å². The second-order valence-electron chi connectivity index (χ2n) is 6.31. The standard InChI is InChI=1S/C15H27N3O2S/c1-12(2)18-11-15(8-14(18)9-16)21(19,20)17(3)10-13-6-4-5-7-13/h8,11-13H,4-7,9-10,16H2,1-3H3. The van der Waals surface area contributed by atoms with Gasteiger partial charge in [-0.3, -0.25) is 0 Å². The van der Waals surface area contributed by atoms with E-state index in [9.17, 15) is 8.42 Å². The van der Waals surface area contributed by atoms with Gasteiger partial charge >= 0.3 is 0 Å². The third-order valence-electron chi connectivity index (χ3n) is 4.37. The first kappa shape index (κ1) is 16.5. The van der Waals surface area contributed by atoms with E-state index in [1.807, 2.05) is 18.4 Å². The lowest BCUT2D eigenvalue weighted by atomic mass is 10.1. The quantitative estimate of drug-likeness (QED) is 0.876. The topological polar surface area (TPSA) is 68.3 Å². The molecule has 1 fully saturated rings. The molecule has 1 saturated carbocycles. The highest BCUT2D eigenvalue weighted by Gasteiger charge is 2.27. The van der Waals surface area contributed by atoms with Gasteiger partial charge in [0.15, 0.2) is 0 Å². The molecular formula is C15H27N3O2S. The Morgan fingerprint density at radius 3 is 2.48 bits per heavy atom. The van der Waals surface area contributed by atoms with Crippen LogP contribution < -0.4 is 5.73 Å². The van der Waals surface area contributed by atoms with Crippen LogP contribution in [0, 0.1) is 5.92 Å². The fourth-order valence-corrected chi connectivity index (χ4v) is 4.42. The molecule has 0 atom stereocenters. The van der Waals surface area contributed by atoms with Crippen molar-refractivity contribution in [3.63, 3.8) is 0 Å². The van der Waals surface area contributed by atoms with Crippen molar-refractivity contribution in [2.45, 2.75) is 57.0 Å². The molecule has 0 aromatic carbocycles. The first-order chi connectivity index (χ1) is 9.86. The molecule has 5 nitrogen and oxygen atoms in total. The Morgan fingerprint density at radius 1 is 1.38 bits per heavy atom. The van der Waals surface area contributed by atoms with Gasteiger partial charge in [-0.1, -0.05) is 12.8 Å². The third-order valence-corrected chi connectivity index (χ3v) is 6.16. The molecule has 1 aromatic heterocycles. The summed E-state index contributed by atoms with van der Waals surface area (Å²) >= 11 is 0. The number of nitrogens with zero attached hydrogens (tertiary/aromatic N) is 2. The Bertz CT molecular complexity index is 572. The lowest BCUT2D eigenvalue weighted by molar-refractivity contribution is 0.387. The number of hydrogen-bond donors (Lipinski definition) is 1. The summed E-state index contributed by atoms with van der Waals surface area (Å²) in [5, 5.41) is 0. The lowest BCUT2D eigenvalue weighted by Gasteiger charge is -2.20. The Labute approximate surface area is 128 Å². The van der Waals surface area contributed by atoms with E-state index >= 15 is 0 Å². The van der Waals surface area contributed by atoms with E-state index in [1.54, 1.807) is 19.3 Å². The van der Waals surface area contributed by atoms with E-state index in [0.29, 0.717) is 23.9 Å². The minimum Gasteiger partial charge on any atom is -0.346 e. The first-order valence-corrected chi connectivity index (χ1v) is 9.17. The highest BCUT2D eigenvalue weighted by molar-refractivity contribution is 7.89. The van der Waals surface area contributed by atoms with Crippen LogP contribution in [0.3, 0.4) is 0 Å². The third kappa shape index (κ3) is 3.49. The van der Waals surface area contributed by atoms with E-state index in [2.05, 4.69) is 0 Å². The Hall–Kier alpha value is -0.850. The van der Waals surface area contributed by atoms with Crippen LogP contribution in [0.5, 0.6) is 0 Å². The van der Waals surface area contributed by atoms with Crippen molar-refractivity contribution in [2.24, 2.45) is 11.7 Å². The van der Waals surface area contributed by atoms with Crippen molar-refractivity contribution in [3.05, 3.63) is 18.0 Å². The molecule has 0 bridgehead atoms. The molecule has 1 aliphatic carbocycles. The summed E-state index contributed by atoms with van der Waals surface area (Å²) in [5.41, 5.74) is 6.58. The predicted octanol–water partition coefficient (Wildman–Crippen LogP) is 2.34. The second-order valence-corrected chi connectivity index (χ2v) is 8.35. The average molecular weight is 313 g/mol.